The highest BCUT2D eigenvalue weighted by Crippen LogP contribution is 2.36. The standard InChI is InChI=1S/C27H20F3INO3P/c1-4-11-6-14-15(7-12(11)5-2)26(34)16(25(14)33)8-13-9-17-19(35-13)10-18(32(17)3)20-21(28)23(30)27(36)24(31)22(20)29/h6-10H,4-5,36H2,1-3H3. The topological polar surface area (TPSA) is 52.2 Å². The molecular formula is C27H20F3INO3P. The van der Waals surface area contributed by atoms with Crippen molar-refractivity contribution in [2.45, 2.75) is 26.7 Å². The van der Waals surface area contributed by atoms with Gasteiger partial charge in [-0.15, -0.1) is 9.24 Å². The van der Waals surface area contributed by atoms with Gasteiger partial charge in [0.15, 0.2) is 28.8 Å². The minimum Gasteiger partial charge on any atom is -0.455 e. The molecule has 184 valence electrons. The average molecular weight is 621 g/mol. The highest BCUT2D eigenvalue weighted by atomic mass is 127. The van der Waals surface area contributed by atoms with Crippen LogP contribution in [0.4, 0.5) is 13.2 Å². The lowest BCUT2D eigenvalue weighted by molar-refractivity contribution is 0.0990. The van der Waals surface area contributed by atoms with E-state index in [-0.39, 0.29) is 43.1 Å². The van der Waals surface area contributed by atoms with Crippen molar-refractivity contribution in [3.8, 4) is 11.3 Å². The van der Waals surface area contributed by atoms with E-state index in [1.807, 2.05) is 23.1 Å². The Morgan fingerprint density at radius 3 is 2.06 bits per heavy atom. The number of Topliss-reactive ketones (excluding diaryl/α,β-unsaturated/α-hetero) is 2. The second-order valence-electron chi connectivity index (χ2n) is 8.62. The van der Waals surface area contributed by atoms with E-state index in [1.54, 1.807) is 47.8 Å². The molecule has 0 bridgehead atoms. The summed E-state index contributed by atoms with van der Waals surface area (Å²) in [6, 6.07) is 6.57. The number of nitrogens with zero attached hydrogens (tertiary/aromatic N) is 1. The number of hydrogen-bond acceptors (Lipinski definition) is 3. The molecule has 5 rings (SSSR count). The lowest BCUT2D eigenvalue weighted by Gasteiger charge is -2.11. The Hall–Kier alpha value is -2.71. The van der Waals surface area contributed by atoms with E-state index in [4.69, 9.17) is 4.42 Å². The lowest BCUT2D eigenvalue weighted by atomic mass is 9.96. The first-order valence-corrected chi connectivity index (χ1v) is 12.9. The molecule has 1 atom stereocenters. The fourth-order valence-electron chi connectivity index (χ4n) is 4.71. The molecule has 0 saturated heterocycles. The Morgan fingerprint density at radius 1 is 0.944 bits per heavy atom. The number of fused-ring (bicyclic) bond motifs is 2. The van der Waals surface area contributed by atoms with Crippen molar-refractivity contribution in [2.75, 3.05) is 0 Å². The maximum absolute atomic E-state index is 14.9. The van der Waals surface area contributed by atoms with E-state index in [9.17, 15) is 22.8 Å². The van der Waals surface area contributed by atoms with E-state index < -0.39 is 23.0 Å². The van der Waals surface area contributed by atoms with Crippen LogP contribution in [0.25, 0.3) is 28.4 Å². The van der Waals surface area contributed by atoms with Crippen LogP contribution in [-0.4, -0.2) is 16.1 Å². The SMILES string of the molecule is CCc1cc2c(cc1CC)C(=O)C(=Cc1cc3c(cc(-c4c(F)c(F)c(P)c(I)c4F)n3C)o1)C2=O. The van der Waals surface area contributed by atoms with E-state index in [0.717, 1.165) is 24.0 Å². The normalized spacial score (nSPS) is 13.3. The number of carbonyl (C=O) groups excluding carboxylic acids is 2. The zero-order chi connectivity index (χ0) is 26.0. The third-order valence-electron chi connectivity index (χ3n) is 6.67. The van der Waals surface area contributed by atoms with Gasteiger partial charge in [0.1, 0.15) is 11.6 Å². The van der Waals surface area contributed by atoms with Crippen molar-refractivity contribution < 1.29 is 27.2 Å². The minimum atomic E-state index is -1.29. The van der Waals surface area contributed by atoms with Gasteiger partial charge >= 0.3 is 0 Å². The van der Waals surface area contributed by atoms with Crippen molar-refractivity contribution in [1.29, 1.82) is 0 Å². The van der Waals surface area contributed by atoms with Crippen LogP contribution >= 0.6 is 31.8 Å². The van der Waals surface area contributed by atoms with Crippen LogP contribution in [0.5, 0.6) is 0 Å². The molecule has 2 aromatic heterocycles. The maximum atomic E-state index is 14.9. The summed E-state index contributed by atoms with van der Waals surface area (Å²) in [6.45, 7) is 4.01. The summed E-state index contributed by atoms with van der Waals surface area (Å²) in [5.41, 5.74) is 3.21. The Kier molecular flexibility index (Phi) is 6.24. The molecule has 1 aliphatic rings. The third kappa shape index (κ3) is 3.60. The van der Waals surface area contributed by atoms with Crippen LogP contribution < -0.4 is 5.30 Å². The Labute approximate surface area is 220 Å². The molecule has 0 aliphatic heterocycles. The van der Waals surface area contributed by atoms with Gasteiger partial charge in [-0.05, 0) is 64.8 Å². The predicted octanol–water partition coefficient (Wildman–Crippen LogP) is 6.55. The van der Waals surface area contributed by atoms with Crippen LogP contribution in [0, 0.1) is 21.0 Å². The zero-order valence-electron chi connectivity index (χ0n) is 19.6. The first-order chi connectivity index (χ1) is 17.1. The third-order valence-corrected chi connectivity index (χ3v) is 8.85. The van der Waals surface area contributed by atoms with Crippen LogP contribution in [0.3, 0.4) is 0 Å². The van der Waals surface area contributed by atoms with Gasteiger partial charge in [-0.25, -0.2) is 13.2 Å². The number of aryl methyl sites for hydroxylation is 3. The monoisotopic (exact) mass is 621 g/mol. The number of furan rings is 1. The fraction of sp³-hybridized carbons (Fsp3) is 0.185. The van der Waals surface area contributed by atoms with Crippen LogP contribution in [0.2, 0.25) is 0 Å². The van der Waals surface area contributed by atoms with Crippen molar-refractivity contribution in [3.63, 3.8) is 0 Å². The number of aromatic nitrogens is 1. The molecule has 0 fully saturated rings. The van der Waals surface area contributed by atoms with E-state index in [0.29, 0.717) is 16.6 Å². The fourth-order valence-corrected chi connectivity index (χ4v) is 5.47. The first-order valence-electron chi connectivity index (χ1n) is 11.3. The molecule has 2 aromatic carbocycles. The van der Waals surface area contributed by atoms with Crippen LogP contribution in [-0.2, 0) is 19.9 Å². The second kappa shape index (κ2) is 8.99. The summed E-state index contributed by atoms with van der Waals surface area (Å²) in [4.78, 5) is 26.1. The number of benzene rings is 2. The number of ketones is 2. The van der Waals surface area contributed by atoms with Gasteiger partial charge in [0.2, 0.25) is 0 Å². The average Bonchev–Trinajstić information content (AvgIpc) is 3.48. The van der Waals surface area contributed by atoms with Gasteiger partial charge in [-0.3, -0.25) is 9.59 Å². The number of halogens is 4. The second-order valence-corrected chi connectivity index (χ2v) is 10.3. The summed E-state index contributed by atoms with van der Waals surface area (Å²) in [6.07, 6.45) is 2.91. The van der Waals surface area contributed by atoms with Crippen molar-refractivity contribution >= 4 is 65.9 Å². The van der Waals surface area contributed by atoms with Crippen LogP contribution in [0.15, 0.2) is 34.3 Å². The summed E-state index contributed by atoms with van der Waals surface area (Å²) >= 11 is 1.63. The largest absolute Gasteiger partial charge is 0.455 e. The quantitative estimate of drug-likeness (QED) is 0.0855. The van der Waals surface area contributed by atoms with Gasteiger partial charge in [-0.2, -0.15) is 0 Å². The highest BCUT2D eigenvalue weighted by molar-refractivity contribution is 14.1. The van der Waals surface area contributed by atoms with Gasteiger partial charge in [0, 0.05) is 35.6 Å². The van der Waals surface area contributed by atoms with Gasteiger partial charge in [0.25, 0.3) is 0 Å². The molecule has 36 heavy (non-hydrogen) atoms. The molecule has 0 N–H and O–H groups in total. The summed E-state index contributed by atoms with van der Waals surface area (Å²) in [5, 5.41) is -0.176. The summed E-state index contributed by atoms with van der Waals surface area (Å²) in [7, 11) is 3.58. The molecule has 0 saturated carbocycles. The van der Waals surface area contributed by atoms with Crippen LogP contribution in [0.1, 0.15) is 51.5 Å². The summed E-state index contributed by atoms with van der Waals surface area (Å²) in [5.74, 6) is -3.77. The Bertz CT molecular complexity index is 1590. The number of carbonyl (C=O) groups is 2. The molecular weight excluding hydrogens is 601 g/mol. The molecule has 4 aromatic rings. The minimum absolute atomic E-state index is 0.00401. The molecule has 4 nitrogen and oxygen atoms in total. The first kappa shape index (κ1) is 25.0. The molecule has 0 spiro atoms. The van der Waals surface area contributed by atoms with Crippen molar-refractivity contribution in [1.82, 2.24) is 4.57 Å². The molecule has 2 heterocycles. The number of hydrogen-bond donors (Lipinski definition) is 0. The van der Waals surface area contributed by atoms with E-state index in [1.165, 1.54) is 16.7 Å². The van der Waals surface area contributed by atoms with Crippen molar-refractivity contribution in [3.05, 3.63) is 78.9 Å². The van der Waals surface area contributed by atoms with Gasteiger partial charge < -0.3 is 8.98 Å². The molecule has 9 heteroatoms. The Balaban J connectivity index is 1.58. The molecule has 0 amide bonds. The predicted molar refractivity (Wildman–Crippen MR) is 144 cm³/mol. The van der Waals surface area contributed by atoms with Crippen molar-refractivity contribution in [2.24, 2.45) is 7.05 Å². The van der Waals surface area contributed by atoms with Gasteiger partial charge in [-0.1, -0.05) is 13.8 Å². The molecule has 1 aliphatic carbocycles. The Morgan fingerprint density at radius 2 is 1.53 bits per heavy atom. The summed E-state index contributed by atoms with van der Waals surface area (Å²) < 4.78 is 51.2. The van der Waals surface area contributed by atoms with E-state index >= 15 is 0 Å². The smallest absolute Gasteiger partial charge is 0.197 e. The lowest BCUT2D eigenvalue weighted by Crippen LogP contribution is -2.13. The zero-order valence-corrected chi connectivity index (χ0v) is 22.9. The molecule has 0 radical (unpaired) electrons. The number of allylic oxidation sites excluding steroid dienone is 1. The molecule has 1 unspecified atom stereocenters. The number of rotatable bonds is 4. The highest BCUT2D eigenvalue weighted by Gasteiger charge is 2.34. The van der Waals surface area contributed by atoms with Gasteiger partial charge in [0.05, 0.1) is 25.9 Å². The van der Waals surface area contributed by atoms with E-state index in [2.05, 4.69) is 0 Å². The maximum Gasteiger partial charge on any atom is 0.197 e.